The molecule has 2 aromatic carbocycles. The average molecular weight is 480 g/mol. The van der Waals surface area contributed by atoms with Crippen molar-refractivity contribution in [3.8, 4) is 5.75 Å². The van der Waals surface area contributed by atoms with Gasteiger partial charge in [-0.05, 0) is 59.7 Å². The van der Waals surface area contributed by atoms with Gasteiger partial charge in [0, 0.05) is 42.0 Å². The second-order valence-corrected chi connectivity index (χ2v) is 7.22. The number of hydrazone groups is 1. The van der Waals surface area contributed by atoms with E-state index in [1.807, 2.05) is 12.1 Å². The van der Waals surface area contributed by atoms with Gasteiger partial charge in [-0.3, -0.25) is 14.9 Å². The van der Waals surface area contributed by atoms with Crippen molar-refractivity contribution in [2.24, 2.45) is 5.10 Å². The summed E-state index contributed by atoms with van der Waals surface area (Å²) >= 11 is 1.79. The molecule has 0 bridgehead atoms. The van der Waals surface area contributed by atoms with Gasteiger partial charge in [0.05, 0.1) is 14.7 Å². The summed E-state index contributed by atoms with van der Waals surface area (Å²) in [6, 6.07) is 9.71. The standard InChI is InChI=1S/C18H17IN4O4/c19-16-10-15(23(26)27)9-13(17(16)24)11-20-21-18(25)12-3-5-14(6-4-12)22-7-1-2-8-22/h3-6,9-11,24H,1-2,7-8H2,(H,21,25)/b20-11-. The topological polar surface area (TPSA) is 108 Å². The molecule has 2 N–H and O–H groups in total. The van der Waals surface area contributed by atoms with Crippen LogP contribution in [-0.2, 0) is 0 Å². The number of nitrogens with one attached hydrogen (secondary N) is 1. The Labute approximate surface area is 169 Å². The number of nitro groups is 1. The van der Waals surface area contributed by atoms with Gasteiger partial charge in [-0.1, -0.05) is 0 Å². The Morgan fingerprint density at radius 2 is 1.93 bits per heavy atom. The molecule has 1 saturated heterocycles. The van der Waals surface area contributed by atoms with E-state index in [0.717, 1.165) is 18.8 Å². The lowest BCUT2D eigenvalue weighted by atomic mass is 10.2. The molecule has 8 nitrogen and oxygen atoms in total. The number of amides is 1. The molecule has 1 amide bonds. The van der Waals surface area contributed by atoms with Crippen molar-refractivity contribution in [1.82, 2.24) is 5.43 Å². The van der Waals surface area contributed by atoms with Crippen LogP contribution >= 0.6 is 22.6 Å². The van der Waals surface area contributed by atoms with Crippen molar-refractivity contribution in [2.45, 2.75) is 12.8 Å². The molecule has 1 aliphatic rings. The molecule has 0 atom stereocenters. The Hall–Kier alpha value is -2.69. The zero-order chi connectivity index (χ0) is 19.4. The highest BCUT2D eigenvalue weighted by Crippen LogP contribution is 2.28. The van der Waals surface area contributed by atoms with Crippen LogP contribution < -0.4 is 10.3 Å². The Kier molecular flexibility index (Phi) is 5.89. The van der Waals surface area contributed by atoms with Crippen LogP contribution in [0, 0.1) is 13.7 Å². The monoisotopic (exact) mass is 480 g/mol. The molecule has 27 heavy (non-hydrogen) atoms. The van der Waals surface area contributed by atoms with Gasteiger partial charge in [0.15, 0.2) is 0 Å². The minimum atomic E-state index is -0.556. The van der Waals surface area contributed by atoms with Gasteiger partial charge in [-0.15, -0.1) is 0 Å². The number of non-ortho nitro benzene ring substituents is 1. The molecule has 140 valence electrons. The first kappa shape index (κ1) is 19.1. The number of hydrogen-bond donors (Lipinski definition) is 2. The van der Waals surface area contributed by atoms with E-state index in [9.17, 15) is 20.0 Å². The van der Waals surface area contributed by atoms with Gasteiger partial charge in [0.2, 0.25) is 0 Å². The largest absolute Gasteiger partial charge is 0.506 e. The zero-order valence-electron chi connectivity index (χ0n) is 14.3. The third-order valence-electron chi connectivity index (χ3n) is 4.26. The van der Waals surface area contributed by atoms with Crippen molar-refractivity contribution in [3.63, 3.8) is 0 Å². The lowest BCUT2D eigenvalue weighted by Gasteiger charge is -2.17. The number of halogens is 1. The predicted octanol–water partition coefficient (Wildman–Crippen LogP) is 3.27. The summed E-state index contributed by atoms with van der Waals surface area (Å²) in [7, 11) is 0. The maximum atomic E-state index is 12.2. The van der Waals surface area contributed by atoms with Gasteiger partial charge < -0.3 is 10.0 Å². The number of anilines is 1. The van der Waals surface area contributed by atoms with Crippen molar-refractivity contribution < 1.29 is 14.8 Å². The number of aromatic hydroxyl groups is 1. The number of phenolic OH excluding ortho intramolecular Hbond substituents is 1. The molecule has 9 heteroatoms. The summed E-state index contributed by atoms with van der Waals surface area (Å²) in [5.41, 5.74) is 3.89. The van der Waals surface area contributed by atoms with Crippen LogP contribution in [0.2, 0.25) is 0 Å². The van der Waals surface area contributed by atoms with Crippen molar-refractivity contribution in [3.05, 3.63) is 61.2 Å². The Morgan fingerprint density at radius 1 is 1.26 bits per heavy atom. The van der Waals surface area contributed by atoms with Crippen LogP contribution in [0.25, 0.3) is 0 Å². The molecule has 1 heterocycles. The fourth-order valence-electron chi connectivity index (χ4n) is 2.83. The number of phenols is 1. The normalized spacial score (nSPS) is 13.9. The quantitative estimate of drug-likeness (QED) is 0.296. The predicted molar refractivity (Wildman–Crippen MR) is 110 cm³/mol. The number of carbonyl (C=O) groups is 1. The molecule has 1 aliphatic heterocycles. The third kappa shape index (κ3) is 4.54. The molecule has 0 aromatic heterocycles. The number of nitro benzene ring substituents is 1. The number of rotatable bonds is 5. The Bertz CT molecular complexity index is 893. The maximum Gasteiger partial charge on any atom is 0.271 e. The van der Waals surface area contributed by atoms with Gasteiger partial charge >= 0.3 is 0 Å². The minimum absolute atomic E-state index is 0.130. The lowest BCUT2D eigenvalue weighted by Crippen LogP contribution is -2.19. The Morgan fingerprint density at radius 3 is 2.56 bits per heavy atom. The third-order valence-corrected chi connectivity index (χ3v) is 5.08. The second-order valence-electron chi connectivity index (χ2n) is 6.06. The maximum absolute atomic E-state index is 12.2. The summed E-state index contributed by atoms with van der Waals surface area (Å²) in [6.45, 7) is 2.06. The van der Waals surface area contributed by atoms with E-state index in [-0.39, 0.29) is 17.0 Å². The molecule has 1 fully saturated rings. The van der Waals surface area contributed by atoms with E-state index in [2.05, 4.69) is 15.4 Å². The highest BCUT2D eigenvalue weighted by molar-refractivity contribution is 14.1. The van der Waals surface area contributed by atoms with Crippen LogP contribution in [0.1, 0.15) is 28.8 Å². The number of benzene rings is 2. The van der Waals surface area contributed by atoms with Gasteiger partial charge in [-0.25, -0.2) is 5.43 Å². The lowest BCUT2D eigenvalue weighted by molar-refractivity contribution is -0.385. The van der Waals surface area contributed by atoms with E-state index in [0.29, 0.717) is 9.13 Å². The first-order valence-corrected chi connectivity index (χ1v) is 9.39. The van der Waals surface area contributed by atoms with E-state index in [1.165, 1.54) is 31.2 Å². The SMILES string of the molecule is O=C(N/N=C\c1cc([N+](=O)[O-])cc(I)c1O)c1ccc(N2CCCC2)cc1. The zero-order valence-corrected chi connectivity index (χ0v) is 16.4. The molecular weight excluding hydrogens is 463 g/mol. The first-order chi connectivity index (χ1) is 13.0. The average Bonchev–Trinajstić information content (AvgIpc) is 3.19. The molecule has 0 saturated carbocycles. The van der Waals surface area contributed by atoms with E-state index >= 15 is 0 Å². The summed E-state index contributed by atoms with van der Waals surface area (Å²) in [4.78, 5) is 24.8. The number of carbonyl (C=O) groups excluding carboxylic acids is 1. The van der Waals surface area contributed by atoms with E-state index in [1.54, 1.807) is 34.7 Å². The van der Waals surface area contributed by atoms with Crippen molar-refractivity contribution >= 4 is 46.1 Å². The molecule has 0 aliphatic carbocycles. The van der Waals surface area contributed by atoms with Crippen LogP contribution in [0.5, 0.6) is 5.75 Å². The molecule has 0 spiro atoms. The van der Waals surface area contributed by atoms with E-state index < -0.39 is 10.8 Å². The first-order valence-electron chi connectivity index (χ1n) is 8.31. The molecule has 2 aromatic rings. The Balaban J connectivity index is 1.67. The molecular formula is C18H17IN4O4. The fraction of sp³-hybridized carbons (Fsp3) is 0.222. The minimum Gasteiger partial charge on any atom is -0.506 e. The van der Waals surface area contributed by atoms with Crippen molar-refractivity contribution in [1.29, 1.82) is 0 Å². The highest BCUT2D eigenvalue weighted by atomic mass is 127. The number of nitrogens with zero attached hydrogens (tertiary/aromatic N) is 3. The fourth-order valence-corrected chi connectivity index (χ4v) is 3.46. The van der Waals surface area contributed by atoms with Gasteiger partial charge in [0.25, 0.3) is 11.6 Å². The van der Waals surface area contributed by atoms with Crippen LogP contribution in [-0.4, -0.2) is 35.2 Å². The van der Waals surface area contributed by atoms with Crippen LogP contribution in [0.3, 0.4) is 0 Å². The summed E-state index contributed by atoms with van der Waals surface area (Å²) in [6.07, 6.45) is 3.54. The molecule has 3 rings (SSSR count). The van der Waals surface area contributed by atoms with E-state index in [4.69, 9.17) is 0 Å². The van der Waals surface area contributed by atoms with Crippen LogP contribution in [0.4, 0.5) is 11.4 Å². The highest BCUT2D eigenvalue weighted by Gasteiger charge is 2.14. The number of hydrogen-bond acceptors (Lipinski definition) is 6. The van der Waals surface area contributed by atoms with Gasteiger partial charge in [-0.2, -0.15) is 5.10 Å². The molecule has 0 unspecified atom stereocenters. The van der Waals surface area contributed by atoms with Gasteiger partial charge in [0.1, 0.15) is 5.75 Å². The van der Waals surface area contributed by atoms with Crippen LogP contribution in [0.15, 0.2) is 41.5 Å². The second kappa shape index (κ2) is 8.33. The summed E-state index contributed by atoms with van der Waals surface area (Å²) in [5, 5.41) is 24.7. The summed E-state index contributed by atoms with van der Waals surface area (Å²) < 4.78 is 0.326. The molecule has 0 radical (unpaired) electrons. The summed E-state index contributed by atoms with van der Waals surface area (Å²) in [5.74, 6) is -0.534. The smallest absolute Gasteiger partial charge is 0.271 e. The van der Waals surface area contributed by atoms with Crippen molar-refractivity contribution in [2.75, 3.05) is 18.0 Å².